The number of benzene rings is 1. The van der Waals surface area contributed by atoms with E-state index in [1.807, 2.05) is 24.3 Å². The van der Waals surface area contributed by atoms with E-state index in [4.69, 9.17) is 5.73 Å². The van der Waals surface area contributed by atoms with Crippen LogP contribution >= 0.6 is 0 Å². The monoisotopic (exact) mass is 435 g/mol. The lowest BCUT2D eigenvalue weighted by molar-refractivity contribution is 0.158. The molecular weight excluding hydrogens is 402 g/mol. The van der Waals surface area contributed by atoms with Gasteiger partial charge in [0, 0.05) is 47.5 Å². The fourth-order valence-electron chi connectivity index (χ4n) is 5.07. The van der Waals surface area contributed by atoms with Crippen molar-refractivity contribution >= 4 is 5.82 Å². The third-order valence-electron chi connectivity index (χ3n) is 6.03. The van der Waals surface area contributed by atoms with Gasteiger partial charge in [0.1, 0.15) is 5.75 Å². The molecule has 0 unspecified atom stereocenters. The van der Waals surface area contributed by atoms with Gasteiger partial charge in [-0.3, -0.25) is 5.10 Å². The van der Waals surface area contributed by atoms with E-state index >= 15 is 0 Å². The largest absolute Gasteiger partial charge is 0.507 e. The summed E-state index contributed by atoms with van der Waals surface area (Å²) in [5.74, 6) is 0.971. The highest BCUT2D eigenvalue weighted by Crippen LogP contribution is 2.35. The number of aromatic hydroxyl groups is 1. The Morgan fingerprint density at radius 2 is 1.81 bits per heavy atom. The molecule has 8 nitrogen and oxygen atoms in total. The van der Waals surface area contributed by atoms with Gasteiger partial charge in [-0.25, -0.2) is 0 Å². The van der Waals surface area contributed by atoms with Crippen molar-refractivity contribution in [1.82, 2.24) is 25.7 Å². The molecule has 5 N–H and O–H groups in total. The summed E-state index contributed by atoms with van der Waals surface area (Å²) in [5, 5.41) is 30.1. The van der Waals surface area contributed by atoms with Crippen LogP contribution < -0.4 is 16.0 Å². The lowest BCUT2D eigenvalue weighted by Gasteiger charge is -2.49. The predicted molar refractivity (Wildman–Crippen MR) is 127 cm³/mol. The molecule has 0 amide bonds. The smallest absolute Gasteiger partial charge is 0.151 e. The number of hydrogen-bond acceptors (Lipinski definition) is 7. The van der Waals surface area contributed by atoms with Crippen molar-refractivity contribution in [3.05, 3.63) is 42.7 Å². The summed E-state index contributed by atoms with van der Waals surface area (Å²) in [7, 11) is 0. The van der Waals surface area contributed by atoms with Crippen LogP contribution in [0.15, 0.2) is 42.7 Å². The first kappa shape index (κ1) is 22.2. The minimum Gasteiger partial charge on any atom is -0.507 e. The number of aromatic nitrogens is 4. The predicted octanol–water partition coefficient (Wildman–Crippen LogP) is 3.31. The van der Waals surface area contributed by atoms with Crippen molar-refractivity contribution in [3.63, 3.8) is 0 Å². The average Bonchev–Trinajstić information content (AvgIpc) is 3.25. The second-order valence-electron chi connectivity index (χ2n) is 9.93. The lowest BCUT2D eigenvalue weighted by atomic mass is 9.79. The van der Waals surface area contributed by atoms with Crippen LogP contribution in [0.25, 0.3) is 22.4 Å². The molecule has 0 saturated carbocycles. The lowest BCUT2D eigenvalue weighted by Crippen LogP contribution is -2.62. The van der Waals surface area contributed by atoms with Gasteiger partial charge in [0.2, 0.25) is 0 Å². The third-order valence-corrected chi connectivity index (χ3v) is 6.03. The normalized spacial score (nSPS) is 17.9. The number of phenols is 1. The maximum atomic E-state index is 10.6. The molecule has 8 heteroatoms. The van der Waals surface area contributed by atoms with Crippen molar-refractivity contribution in [3.8, 4) is 28.1 Å². The third kappa shape index (κ3) is 4.76. The minimum atomic E-state index is 0.0230. The zero-order valence-electron chi connectivity index (χ0n) is 19.3. The molecule has 2 aromatic heterocycles. The highest BCUT2D eigenvalue weighted by molar-refractivity contribution is 5.73. The van der Waals surface area contributed by atoms with Crippen molar-refractivity contribution in [1.29, 1.82) is 0 Å². The maximum absolute atomic E-state index is 10.6. The Bertz CT molecular complexity index is 1030. The highest BCUT2D eigenvalue weighted by atomic mass is 16.3. The van der Waals surface area contributed by atoms with E-state index in [1.165, 1.54) is 0 Å². The number of rotatable bonds is 6. The van der Waals surface area contributed by atoms with Crippen LogP contribution in [0.1, 0.15) is 40.5 Å². The topological polar surface area (TPSA) is 116 Å². The standard InChI is InChI=1S/C24H33N7O/c1-23(2)12-18(13-24(3,4)30-23)31(10-9-25)22-8-7-20(28-29-22)19-6-5-16(11-21(19)32)17-14-26-27-15-17/h5-8,11,14-15,18,30,32H,9-10,12-13,25H2,1-4H3,(H,26,27). The summed E-state index contributed by atoms with van der Waals surface area (Å²) in [6, 6.07) is 9.72. The summed E-state index contributed by atoms with van der Waals surface area (Å²) < 4.78 is 0. The first-order valence-corrected chi connectivity index (χ1v) is 11.1. The van der Waals surface area contributed by atoms with Gasteiger partial charge < -0.3 is 21.1 Å². The Hall–Kier alpha value is -2.97. The quantitative estimate of drug-likeness (QED) is 0.469. The van der Waals surface area contributed by atoms with E-state index in [2.05, 4.69) is 58.3 Å². The first-order chi connectivity index (χ1) is 15.2. The number of piperidine rings is 1. The van der Waals surface area contributed by atoms with Crippen LogP contribution in [0.2, 0.25) is 0 Å². The van der Waals surface area contributed by atoms with E-state index < -0.39 is 0 Å². The van der Waals surface area contributed by atoms with Gasteiger partial charge in [0.25, 0.3) is 0 Å². The molecule has 0 aliphatic carbocycles. The van der Waals surface area contributed by atoms with Crippen LogP contribution in [-0.2, 0) is 0 Å². The molecule has 4 rings (SSSR count). The molecule has 1 aliphatic rings. The van der Waals surface area contributed by atoms with Gasteiger partial charge in [-0.05, 0) is 70.4 Å². The minimum absolute atomic E-state index is 0.0230. The molecule has 170 valence electrons. The van der Waals surface area contributed by atoms with Gasteiger partial charge in [-0.15, -0.1) is 10.2 Å². The molecule has 1 aromatic carbocycles. The second-order valence-corrected chi connectivity index (χ2v) is 9.93. The van der Waals surface area contributed by atoms with Gasteiger partial charge >= 0.3 is 0 Å². The van der Waals surface area contributed by atoms with Crippen LogP contribution in [0.4, 0.5) is 5.82 Å². The van der Waals surface area contributed by atoms with E-state index in [9.17, 15) is 5.11 Å². The van der Waals surface area contributed by atoms with E-state index in [0.29, 0.717) is 23.8 Å². The van der Waals surface area contributed by atoms with Gasteiger partial charge in [-0.2, -0.15) is 5.10 Å². The number of nitrogens with one attached hydrogen (secondary N) is 2. The molecule has 1 aliphatic heterocycles. The van der Waals surface area contributed by atoms with Crippen molar-refractivity contribution in [2.45, 2.75) is 57.7 Å². The van der Waals surface area contributed by atoms with Crippen molar-refractivity contribution in [2.24, 2.45) is 5.73 Å². The number of aromatic amines is 1. The van der Waals surface area contributed by atoms with E-state index in [-0.39, 0.29) is 16.8 Å². The van der Waals surface area contributed by atoms with E-state index in [0.717, 1.165) is 36.3 Å². The Labute approximate surface area is 189 Å². The molecular formula is C24H33N7O. The molecule has 0 spiro atoms. The summed E-state index contributed by atoms with van der Waals surface area (Å²) >= 11 is 0. The number of hydrogen-bond donors (Lipinski definition) is 4. The molecule has 0 radical (unpaired) electrons. The molecule has 0 bridgehead atoms. The Morgan fingerprint density at radius 1 is 1.06 bits per heavy atom. The summed E-state index contributed by atoms with van der Waals surface area (Å²) in [4.78, 5) is 2.28. The van der Waals surface area contributed by atoms with Crippen LogP contribution in [0.3, 0.4) is 0 Å². The molecule has 32 heavy (non-hydrogen) atoms. The number of nitrogens with zero attached hydrogens (tertiary/aromatic N) is 4. The number of anilines is 1. The Kier molecular flexibility index (Phi) is 5.92. The average molecular weight is 436 g/mol. The van der Waals surface area contributed by atoms with Gasteiger partial charge in [0.05, 0.1) is 11.9 Å². The summed E-state index contributed by atoms with van der Waals surface area (Å²) in [6.07, 6.45) is 5.50. The number of H-pyrrole nitrogens is 1. The first-order valence-electron chi connectivity index (χ1n) is 11.1. The van der Waals surface area contributed by atoms with Gasteiger partial charge in [0.15, 0.2) is 5.82 Å². The Morgan fingerprint density at radius 3 is 2.38 bits per heavy atom. The van der Waals surface area contributed by atoms with Gasteiger partial charge in [-0.1, -0.05) is 6.07 Å². The molecule has 3 heterocycles. The Balaban J connectivity index is 1.59. The highest BCUT2D eigenvalue weighted by Gasteiger charge is 2.40. The van der Waals surface area contributed by atoms with Crippen LogP contribution in [-0.4, -0.2) is 55.7 Å². The van der Waals surface area contributed by atoms with Crippen LogP contribution in [0, 0.1) is 0 Å². The SMILES string of the molecule is CC1(C)CC(N(CCN)c2ccc(-c3ccc(-c4cn[nH]c4)cc3O)nn2)CC(C)(C)N1. The zero-order chi connectivity index (χ0) is 22.9. The van der Waals surface area contributed by atoms with E-state index in [1.54, 1.807) is 18.5 Å². The fourth-order valence-corrected chi connectivity index (χ4v) is 5.07. The molecule has 0 atom stereocenters. The zero-order valence-corrected chi connectivity index (χ0v) is 19.3. The fraction of sp³-hybridized carbons (Fsp3) is 0.458. The van der Waals surface area contributed by atoms with Crippen molar-refractivity contribution < 1.29 is 5.11 Å². The summed E-state index contributed by atoms with van der Waals surface area (Å²) in [6.45, 7) is 10.2. The molecule has 1 fully saturated rings. The maximum Gasteiger partial charge on any atom is 0.151 e. The van der Waals surface area contributed by atoms with Crippen molar-refractivity contribution in [2.75, 3.05) is 18.0 Å². The number of phenolic OH excluding ortho intramolecular Hbond substituents is 1. The summed E-state index contributed by atoms with van der Waals surface area (Å²) in [5.41, 5.74) is 9.08. The molecule has 1 saturated heterocycles. The molecule has 3 aromatic rings. The number of nitrogens with two attached hydrogens (primary N) is 1. The second kappa shape index (κ2) is 8.52. The van der Waals surface area contributed by atoms with Crippen LogP contribution in [0.5, 0.6) is 5.75 Å².